The second kappa shape index (κ2) is 7.94. The number of ether oxygens (including phenoxy) is 1. The van der Waals surface area contributed by atoms with Crippen LogP contribution in [0.5, 0.6) is 5.75 Å². The highest BCUT2D eigenvalue weighted by Gasteiger charge is 2.25. The molecule has 0 saturated heterocycles. The van der Waals surface area contributed by atoms with Crippen molar-refractivity contribution in [2.24, 2.45) is 5.92 Å². The zero-order chi connectivity index (χ0) is 15.9. The zero-order valence-electron chi connectivity index (χ0n) is 12.7. The highest BCUT2D eigenvalue weighted by molar-refractivity contribution is 5.91. The number of hydrogen-bond donors (Lipinski definition) is 2. The Morgan fingerprint density at radius 3 is 2.91 bits per heavy atom. The molecule has 1 fully saturated rings. The summed E-state index contributed by atoms with van der Waals surface area (Å²) in [5.74, 6) is -0.376. The van der Waals surface area contributed by atoms with Crippen LogP contribution in [0, 0.1) is 11.7 Å². The number of nitrogens with one attached hydrogen (secondary N) is 1. The topological polar surface area (TPSA) is 58.6 Å². The number of halogens is 1. The van der Waals surface area contributed by atoms with Crippen molar-refractivity contribution in [1.82, 2.24) is 5.32 Å². The van der Waals surface area contributed by atoms with Crippen LogP contribution in [0.2, 0.25) is 0 Å². The number of carbonyl (C=O) groups is 1. The maximum Gasteiger partial charge on any atom is 0.244 e. The molecule has 1 aromatic rings. The summed E-state index contributed by atoms with van der Waals surface area (Å²) in [5, 5.41) is 12.3. The normalized spacial score (nSPS) is 21.8. The molecule has 0 bridgehead atoms. The summed E-state index contributed by atoms with van der Waals surface area (Å²) < 4.78 is 18.4. The lowest BCUT2D eigenvalue weighted by atomic mass is 9.85. The molecule has 0 spiro atoms. The Morgan fingerprint density at radius 1 is 1.45 bits per heavy atom. The first-order valence-electron chi connectivity index (χ1n) is 7.57. The predicted octanol–water partition coefficient (Wildman–Crippen LogP) is 2.51. The van der Waals surface area contributed by atoms with Gasteiger partial charge in [-0.3, -0.25) is 4.79 Å². The van der Waals surface area contributed by atoms with Crippen LogP contribution in [-0.2, 0) is 4.79 Å². The van der Waals surface area contributed by atoms with Crippen molar-refractivity contribution in [3.8, 4) is 5.75 Å². The van der Waals surface area contributed by atoms with Crippen LogP contribution in [0.25, 0.3) is 6.08 Å². The summed E-state index contributed by atoms with van der Waals surface area (Å²) in [6, 6.07) is 4.54. The highest BCUT2D eigenvalue weighted by Crippen LogP contribution is 2.24. The molecular weight excluding hydrogens is 285 g/mol. The SMILES string of the molecule is COc1ccc(/C=C/C(=O)NC2CCCCC2CO)cc1F. The summed E-state index contributed by atoms with van der Waals surface area (Å²) in [6.07, 6.45) is 6.95. The van der Waals surface area contributed by atoms with E-state index >= 15 is 0 Å². The Labute approximate surface area is 130 Å². The summed E-state index contributed by atoms with van der Waals surface area (Å²) >= 11 is 0. The Kier molecular flexibility index (Phi) is 5.95. The Balaban J connectivity index is 1.94. The Morgan fingerprint density at radius 2 is 2.23 bits per heavy atom. The van der Waals surface area contributed by atoms with Gasteiger partial charge in [-0.15, -0.1) is 0 Å². The molecule has 0 aliphatic heterocycles. The number of carbonyl (C=O) groups excluding carboxylic acids is 1. The van der Waals surface area contributed by atoms with E-state index in [1.165, 1.54) is 25.3 Å². The van der Waals surface area contributed by atoms with Gasteiger partial charge in [0.1, 0.15) is 0 Å². The maximum absolute atomic E-state index is 13.6. The first-order chi connectivity index (χ1) is 10.6. The highest BCUT2D eigenvalue weighted by atomic mass is 19.1. The molecule has 1 aliphatic carbocycles. The van der Waals surface area contributed by atoms with Crippen molar-refractivity contribution < 1.29 is 19.0 Å². The van der Waals surface area contributed by atoms with Crippen LogP contribution in [0.1, 0.15) is 31.2 Å². The van der Waals surface area contributed by atoms with Crippen LogP contribution in [0.4, 0.5) is 4.39 Å². The van der Waals surface area contributed by atoms with Crippen molar-refractivity contribution in [2.75, 3.05) is 13.7 Å². The molecule has 2 atom stereocenters. The molecular formula is C17H22FNO3. The minimum atomic E-state index is -0.460. The molecule has 1 saturated carbocycles. The van der Waals surface area contributed by atoms with Crippen molar-refractivity contribution in [2.45, 2.75) is 31.7 Å². The van der Waals surface area contributed by atoms with Gasteiger partial charge in [-0.25, -0.2) is 4.39 Å². The lowest BCUT2D eigenvalue weighted by Gasteiger charge is -2.30. The van der Waals surface area contributed by atoms with Gasteiger partial charge in [0.2, 0.25) is 5.91 Å². The van der Waals surface area contributed by atoms with Gasteiger partial charge in [0.05, 0.1) is 7.11 Å². The van der Waals surface area contributed by atoms with Gasteiger partial charge in [0.25, 0.3) is 0 Å². The monoisotopic (exact) mass is 307 g/mol. The molecule has 2 N–H and O–H groups in total. The van der Waals surface area contributed by atoms with E-state index in [2.05, 4.69) is 5.32 Å². The summed E-state index contributed by atoms with van der Waals surface area (Å²) in [4.78, 5) is 12.0. The molecule has 1 amide bonds. The van der Waals surface area contributed by atoms with Gasteiger partial charge in [-0.1, -0.05) is 18.9 Å². The molecule has 1 aromatic carbocycles. The molecule has 1 aliphatic rings. The Hall–Kier alpha value is -1.88. The number of aliphatic hydroxyl groups excluding tert-OH is 1. The van der Waals surface area contributed by atoms with Gasteiger partial charge < -0.3 is 15.2 Å². The maximum atomic E-state index is 13.6. The minimum Gasteiger partial charge on any atom is -0.494 e. The van der Waals surface area contributed by atoms with Crippen LogP contribution in [-0.4, -0.2) is 30.8 Å². The van der Waals surface area contributed by atoms with Crippen LogP contribution >= 0.6 is 0 Å². The number of amides is 1. The molecule has 4 nitrogen and oxygen atoms in total. The fourth-order valence-corrected chi connectivity index (χ4v) is 2.81. The lowest BCUT2D eigenvalue weighted by Crippen LogP contribution is -2.42. The van der Waals surface area contributed by atoms with Gasteiger partial charge in [-0.05, 0) is 36.6 Å². The summed E-state index contributed by atoms with van der Waals surface area (Å²) in [6.45, 7) is 0.0956. The third kappa shape index (κ3) is 4.31. The van der Waals surface area contributed by atoms with Gasteiger partial charge in [0.15, 0.2) is 11.6 Å². The second-order valence-corrected chi connectivity index (χ2v) is 5.57. The van der Waals surface area contributed by atoms with Crippen LogP contribution < -0.4 is 10.1 Å². The van der Waals surface area contributed by atoms with Gasteiger partial charge in [0, 0.05) is 24.6 Å². The molecule has 2 rings (SSSR count). The van der Waals surface area contributed by atoms with Crippen molar-refractivity contribution >= 4 is 12.0 Å². The lowest BCUT2D eigenvalue weighted by molar-refractivity contribution is -0.117. The molecule has 0 heterocycles. The van der Waals surface area contributed by atoms with Crippen molar-refractivity contribution in [1.29, 1.82) is 0 Å². The average molecular weight is 307 g/mol. The molecule has 120 valence electrons. The van der Waals surface area contributed by atoms with Crippen molar-refractivity contribution in [3.63, 3.8) is 0 Å². The molecule has 22 heavy (non-hydrogen) atoms. The van der Waals surface area contributed by atoms with Crippen LogP contribution in [0.3, 0.4) is 0 Å². The predicted molar refractivity (Wildman–Crippen MR) is 83.0 cm³/mol. The average Bonchev–Trinajstić information content (AvgIpc) is 2.53. The fourth-order valence-electron chi connectivity index (χ4n) is 2.81. The fraction of sp³-hybridized carbons (Fsp3) is 0.471. The number of rotatable bonds is 5. The first kappa shape index (κ1) is 16.5. The second-order valence-electron chi connectivity index (χ2n) is 5.57. The van der Waals surface area contributed by atoms with E-state index in [0.717, 1.165) is 25.7 Å². The van der Waals surface area contributed by atoms with Gasteiger partial charge >= 0.3 is 0 Å². The first-order valence-corrected chi connectivity index (χ1v) is 7.57. The molecule has 0 radical (unpaired) electrons. The largest absolute Gasteiger partial charge is 0.494 e. The molecule has 5 heteroatoms. The molecule has 2 unspecified atom stereocenters. The Bertz CT molecular complexity index is 545. The summed E-state index contributed by atoms with van der Waals surface area (Å²) in [5.41, 5.74) is 0.593. The zero-order valence-corrected chi connectivity index (χ0v) is 12.7. The van der Waals surface area contributed by atoms with E-state index in [-0.39, 0.29) is 30.2 Å². The number of aliphatic hydroxyl groups is 1. The number of methoxy groups -OCH3 is 1. The van der Waals surface area contributed by atoms with Gasteiger partial charge in [-0.2, -0.15) is 0 Å². The third-order valence-electron chi connectivity index (χ3n) is 4.07. The van der Waals surface area contributed by atoms with E-state index in [0.29, 0.717) is 5.56 Å². The van der Waals surface area contributed by atoms with Crippen molar-refractivity contribution in [3.05, 3.63) is 35.7 Å². The quantitative estimate of drug-likeness (QED) is 0.822. The van der Waals surface area contributed by atoms with E-state index in [4.69, 9.17) is 4.74 Å². The number of benzene rings is 1. The van der Waals surface area contributed by atoms with E-state index in [9.17, 15) is 14.3 Å². The van der Waals surface area contributed by atoms with E-state index in [1.54, 1.807) is 12.1 Å². The smallest absolute Gasteiger partial charge is 0.244 e. The minimum absolute atomic E-state index is 0.0171. The van der Waals surface area contributed by atoms with Crippen LogP contribution in [0.15, 0.2) is 24.3 Å². The standard InChI is InChI=1S/C17H22FNO3/c1-22-16-8-6-12(10-14(16)18)7-9-17(21)19-15-5-3-2-4-13(15)11-20/h6-10,13,15,20H,2-5,11H2,1H3,(H,19,21)/b9-7+. The summed E-state index contributed by atoms with van der Waals surface area (Å²) in [7, 11) is 1.41. The van der Waals surface area contributed by atoms with E-state index in [1.807, 2.05) is 0 Å². The third-order valence-corrected chi connectivity index (χ3v) is 4.07. The van der Waals surface area contributed by atoms with E-state index < -0.39 is 5.82 Å². The number of hydrogen-bond acceptors (Lipinski definition) is 3. The molecule has 0 aromatic heterocycles.